The highest BCUT2D eigenvalue weighted by Gasteiger charge is 2.37. The molecule has 2 atom stereocenters. The molecule has 2 unspecified atom stereocenters. The number of rotatable bonds is 9. The number of nitrogens with zero attached hydrogens (tertiary/aromatic N) is 3. The first-order valence-electron chi connectivity index (χ1n) is 12.1. The zero-order chi connectivity index (χ0) is 21.3. The third-order valence-corrected chi connectivity index (χ3v) is 7.31. The van der Waals surface area contributed by atoms with E-state index < -0.39 is 0 Å². The van der Waals surface area contributed by atoms with Crippen molar-refractivity contribution in [1.82, 2.24) is 20.0 Å². The Labute approximate surface area is 182 Å². The van der Waals surface area contributed by atoms with Gasteiger partial charge in [0, 0.05) is 52.4 Å². The second kappa shape index (κ2) is 12.0. The molecule has 3 rings (SSSR count). The lowest BCUT2D eigenvalue weighted by Gasteiger charge is -2.40. The lowest BCUT2D eigenvalue weighted by atomic mass is 9.95. The van der Waals surface area contributed by atoms with Gasteiger partial charge in [-0.25, -0.2) is 0 Å². The second-order valence-electron chi connectivity index (χ2n) is 9.36. The Morgan fingerprint density at radius 2 is 1.70 bits per heavy atom. The van der Waals surface area contributed by atoms with Crippen LogP contribution in [0.4, 0.5) is 0 Å². The molecule has 3 aliphatic rings. The quantitative estimate of drug-likeness (QED) is 0.573. The minimum absolute atomic E-state index is 0.0407. The van der Waals surface area contributed by atoms with Gasteiger partial charge >= 0.3 is 0 Å². The smallest absolute Gasteiger partial charge is 0.248 e. The number of hydrogen-bond acceptors (Lipinski definition) is 5. The molecular weight excluding hydrogens is 380 g/mol. The number of carbonyl (C=O) groups is 2. The van der Waals surface area contributed by atoms with Crippen molar-refractivity contribution in [2.24, 2.45) is 5.92 Å². The fraction of sp³-hybridized carbons (Fsp3) is 0.913. The molecule has 0 aromatic rings. The van der Waals surface area contributed by atoms with Gasteiger partial charge in [0.1, 0.15) is 6.61 Å². The van der Waals surface area contributed by atoms with Crippen molar-refractivity contribution < 1.29 is 14.3 Å². The molecule has 7 heteroatoms. The number of amides is 2. The summed E-state index contributed by atoms with van der Waals surface area (Å²) in [6, 6.07) is 0.638. The molecule has 2 amide bonds. The molecule has 1 saturated carbocycles. The van der Waals surface area contributed by atoms with E-state index in [4.69, 9.17) is 4.74 Å². The Bertz CT molecular complexity index is 545. The molecule has 0 aromatic heterocycles. The molecule has 1 aliphatic carbocycles. The number of carbonyl (C=O) groups excluding carboxylic acids is 2. The van der Waals surface area contributed by atoms with Crippen LogP contribution in [0.15, 0.2) is 0 Å². The first kappa shape index (κ1) is 23.5. The summed E-state index contributed by atoms with van der Waals surface area (Å²) in [6.45, 7) is 8.42. The summed E-state index contributed by atoms with van der Waals surface area (Å²) in [7, 11) is 1.56. The molecule has 3 fully saturated rings. The summed E-state index contributed by atoms with van der Waals surface area (Å²) in [6.07, 6.45) is 9.72. The summed E-state index contributed by atoms with van der Waals surface area (Å²) in [5.41, 5.74) is 0. The van der Waals surface area contributed by atoms with Crippen LogP contribution in [-0.4, -0.2) is 98.1 Å². The van der Waals surface area contributed by atoms with E-state index in [1.165, 1.54) is 38.6 Å². The number of likely N-dealkylation sites (tertiary alicyclic amines) is 1. The fourth-order valence-electron chi connectivity index (χ4n) is 5.50. The Morgan fingerprint density at radius 3 is 2.37 bits per heavy atom. The number of methoxy groups -OCH3 is 1. The Kier molecular flexibility index (Phi) is 9.40. The van der Waals surface area contributed by atoms with Crippen molar-refractivity contribution in [2.45, 2.75) is 70.4 Å². The van der Waals surface area contributed by atoms with Crippen LogP contribution >= 0.6 is 0 Å². The van der Waals surface area contributed by atoms with E-state index in [0.29, 0.717) is 25.0 Å². The number of piperazine rings is 1. The standard InChI is InChI=1S/C23H42N4O3/c1-19-8-5-6-12-25(19)13-7-11-24-23(29)22(20-9-3-4-10-20)27-16-14-26(15-17-27)21(28)18-30-2/h19-20,22H,3-18H2,1-2H3,(H,24,29). The molecule has 1 N–H and O–H groups in total. The molecule has 30 heavy (non-hydrogen) atoms. The van der Waals surface area contributed by atoms with Gasteiger partial charge in [0.25, 0.3) is 0 Å². The molecule has 2 heterocycles. The third-order valence-electron chi connectivity index (χ3n) is 7.31. The van der Waals surface area contributed by atoms with Gasteiger partial charge in [-0.1, -0.05) is 19.3 Å². The van der Waals surface area contributed by atoms with Crippen LogP contribution in [0.2, 0.25) is 0 Å². The van der Waals surface area contributed by atoms with Gasteiger partial charge in [-0.05, 0) is 51.5 Å². The van der Waals surface area contributed by atoms with E-state index >= 15 is 0 Å². The third kappa shape index (κ3) is 6.41. The fourth-order valence-corrected chi connectivity index (χ4v) is 5.50. The molecular formula is C23H42N4O3. The van der Waals surface area contributed by atoms with Crippen LogP contribution in [0, 0.1) is 5.92 Å². The summed E-state index contributed by atoms with van der Waals surface area (Å²) in [5, 5.41) is 3.26. The van der Waals surface area contributed by atoms with Gasteiger partial charge in [0.2, 0.25) is 11.8 Å². The van der Waals surface area contributed by atoms with Gasteiger partial charge in [-0.2, -0.15) is 0 Å². The largest absolute Gasteiger partial charge is 0.375 e. The molecule has 0 spiro atoms. The van der Waals surface area contributed by atoms with Gasteiger partial charge in [-0.15, -0.1) is 0 Å². The highest BCUT2D eigenvalue weighted by atomic mass is 16.5. The van der Waals surface area contributed by atoms with Gasteiger partial charge < -0.3 is 19.9 Å². The van der Waals surface area contributed by atoms with E-state index in [9.17, 15) is 9.59 Å². The van der Waals surface area contributed by atoms with Crippen molar-refractivity contribution >= 4 is 11.8 Å². The predicted molar refractivity (Wildman–Crippen MR) is 118 cm³/mol. The molecule has 2 aliphatic heterocycles. The Hall–Kier alpha value is -1.18. The minimum Gasteiger partial charge on any atom is -0.375 e. The average Bonchev–Trinajstić information content (AvgIpc) is 3.27. The summed E-state index contributed by atoms with van der Waals surface area (Å²) < 4.78 is 4.98. The predicted octanol–water partition coefficient (Wildman–Crippen LogP) is 1.72. The highest BCUT2D eigenvalue weighted by molar-refractivity contribution is 5.82. The molecule has 2 saturated heterocycles. The maximum atomic E-state index is 13.2. The van der Waals surface area contributed by atoms with Crippen molar-refractivity contribution in [3.8, 4) is 0 Å². The van der Waals surface area contributed by atoms with Crippen LogP contribution in [0.1, 0.15) is 58.3 Å². The van der Waals surface area contributed by atoms with E-state index in [1.54, 1.807) is 7.11 Å². The van der Waals surface area contributed by atoms with Crippen molar-refractivity contribution in [3.63, 3.8) is 0 Å². The second-order valence-corrected chi connectivity index (χ2v) is 9.36. The maximum Gasteiger partial charge on any atom is 0.248 e. The zero-order valence-electron chi connectivity index (χ0n) is 19.1. The maximum absolute atomic E-state index is 13.2. The zero-order valence-corrected chi connectivity index (χ0v) is 19.1. The lowest BCUT2D eigenvalue weighted by Crippen LogP contribution is -2.58. The first-order valence-corrected chi connectivity index (χ1v) is 12.1. The summed E-state index contributed by atoms with van der Waals surface area (Å²) >= 11 is 0. The summed E-state index contributed by atoms with van der Waals surface area (Å²) in [5.74, 6) is 0.699. The van der Waals surface area contributed by atoms with Gasteiger partial charge in [0.15, 0.2) is 0 Å². The van der Waals surface area contributed by atoms with Crippen LogP contribution in [0.25, 0.3) is 0 Å². The Balaban J connectivity index is 1.47. The van der Waals surface area contributed by atoms with E-state index in [1.807, 2.05) is 4.90 Å². The lowest BCUT2D eigenvalue weighted by molar-refractivity contribution is -0.138. The molecule has 0 aromatic carbocycles. The first-order chi connectivity index (χ1) is 14.6. The van der Waals surface area contributed by atoms with E-state index in [-0.39, 0.29) is 24.5 Å². The van der Waals surface area contributed by atoms with E-state index in [0.717, 1.165) is 45.4 Å². The van der Waals surface area contributed by atoms with Crippen molar-refractivity contribution in [3.05, 3.63) is 0 Å². The monoisotopic (exact) mass is 422 g/mol. The SMILES string of the molecule is COCC(=O)N1CCN(C(C(=O)NCCCN2CCCCC2C)C2CCCC2)CC1. The number of nitrogens with one attached hydrogen (secondary N) is 1. The van der Waals surface area contributed by atoms with Crippen molar-refractivity contribution in [1.29, 1.82) is 0 Å². The Morgan fingerprint density at radius 1 is 1.00 bits per heavy atom. The molecule has 0 radical (unpaired) electrons. The number of ether oxygens (including phenoxy) is 1. The van der Waals surface area contributed by atoms with Crippen molar-refractivity contribution in [2.75, 3.05) is 59.5 Å². The summed E-state index contributed by atoms with van der Waals surface area (Å²) in [4.78, 5) is 32.1. The molecule has 7 nitrogen and oxygen atoms in total. The van der Waals surface area contributed by atoms with Crippen LogP contribution in [-0.2, 0) is 14.3 Å². The van der Waals surface area contributed by atoms with Crippen LogP contribution < -0.4 is 5.32 Å². The number of piperidine rings is 1. The number of hydrogen-bond donors (Lipinski definition) is 1. The van der Waals surface area contributed by atoms with Crippen LogP contribution in [0.5, 0.6) is 0 Å². The average molecular weight is 423 g/mol. The minimum atomic E-state index is -0.0407. The normalized spacial score (nSPS) is 25.4. The molecule has 0 bridgehead atoms. The van der Waals surface area contributed by atoms with Crippen LogP contribution in [0.3, 0.4) is 0 Å². The molecule has 172 valence electrons. The highest BCUT2D eigenvalue weighted by Crippen LogP contribution is 2.31. The van der Waals surface area contributed by atoms with Gasteiger partial charge in [-0.3, -0.25) is 14.5 Å². The van der Waals surface area contributed by atoms with Gasteiger partial charge in [0.05, 0.1) is 6.04 Å². The topological polar surface area (TPSA) is 65.1 Å². The van der Waals surface area contributed by atoms with E-state index in [2.05, 4.69) is 22.0 Å².